The number of halogens is 1. The summed E-state index contributed by atoms with van der Waals surface area (Å²) < 4.78 is 25.2. The Balaban J connectivity index is 1.55. The summed E-state index contributed by atoms with van der Waals surface area (Å²) >= 11 is 6.07. The van der Waals surface area contributed by atoms with Crippen LogP contribution in [0.3, 0.4) is 0 Å². The minimum absolute atomic E-state index is 0.0318. The minimum atomic E-state index is -3.45. The molecular formula is C18H16ClN5O3S. The maximum Gasteiger partial charge on any atom is 0.257 e. The molecule has 1 aromatic heterocycles. The van der Waals surface area contributed by atoms with E-state index in [9.17, 15) is 13.2 Å². The molecule has 144 valence electrons. The van der Waals surface area contributed by atoms with Gasteiger partial charge in [0.25, 0.3) is 5.91 Å². The van der Waals surface area contributed by atoms with Crippen molar-refractivity contribution in [3.63, 3.8) is 0 Å². The number of carbonyl (C=O) groups is 1. The van der Waals surface area contributed by atoms with Crippen LogP contribution in [0.15, 0.2) is 47.4 Å². The fourth-order valence-electron chi connectivity index (χ4n) is 2.76. The number of sulfone groups is 1. The molecule has 10 heteroatoms. The molecule has 0 unspecified atom stereocenters. The molecule has 4 rings (SSSR count). The molecule has 8 nitrogen and oxygen atoms in total. The second-order valence-corrected chi connectivity index (χ2v) is 9.05. The number of aromatic nitrogens is 4. The lowest BCUT2D eigenvalue weighted by Crippen LogP contribution is -2.13. The second-order valence-electron chi connectivity index (χ2n) is 6.62. The summed E-state index contributed by atoms with van der Waals surface area (Å²) in [5.74, 6) is 0.190. The monoisotopic (exact) mass is 417 g/mol. The lowest BCUT2D eigenvalue weighted by molar-refractivity contribution is 0.102. The van der Waals surface area contributed by atoms with Crippen molar-refractivity contribution in [2.45, 2.75) is 23.8 Å². The number of tetrazole rings is 1. The summed E-state index contributed by atoms with van der Waals surface area (Å²) in [4.78, 5) is 12.6. The van der Waals surface area contributed by atoms with Crippen LogP contribution >= 0.6 is 11.6 Å². The van der Waals surface area contributed by atoms with E-state index in [2.05, 4.69) is 20.8 Å². The van der Waals surface area contributed by atoms with Gasteiger partial charge in [-0.05, 0) is 65.7 Å². The predicted octanol–water partition coefficient (Wildman–Crippen LogP) is 2.98. The molecule has 0 saturated heterocycles. The molecular weight excluding hydrogens is 402 g/mol. The molecule has 0 aliphatic heterocycles. The van der Waals surface area contributed by atoms with Crippen molar-refractivity contribution in [3.8, 4) is 11.4 Å². The van der Waals surface area contributed by atoms with E-state index < -0.39 is 15.7 Å². The molecule has 1 fully saturated rings. The standard InChI is InChI=1S/C18H16ClN5O3S/c1-28(26,27)14-8-9-16(19)15(10-14)18(25)20-12-4-2-11(3-5-12)17-21-22-23-24(17)13-6-7-13/h2-5,8-10,13H,6-7H2,1H3,(H,20,25). The zero-order valence-corrected chi connectivity index (χ0v) is 16.4. The number of nitrogens with zero attached hydrogens (tertiary/aromatic N) is 4. The fraction of sp³-hybridized carbons (Fsp3) is 0.222. The Bertz CT molecular complexity index is 1150. The summed E-state index contributed by atoms with van der Waals surface area (Å²) in [6, 6.07) is 11.5. The molecule has 1 saturated carbocycles. The third-order valence-corrected chi connectivity index (χ3v) is 5.84. The first-order valence-corrected chi connectivity index (χ1v) is 10.8. The van der Waals surface area contributed by atoms with Crippen LogP contribution in [0.25, 0.3) is 11.4 Å². The molecule has 1 N–H and O–H groups in total. The summed E-state index contributed by atoms with van der Waals surface area (Å²) in [7, 11) is -3.45. The predicted molar refractivity (Wildman–Crippen MR) is 104 cm³/mol. The Labute approximate surface area is 166 Å². The van der Waals surface area contributed by atoms with Crippen LogP contribution in [-0.4, -0.2) is 40.8 Å². The first-order valence-electron chi connectivity index (χ1n) is 8.52. The Kier molecular flexibility index (Phi) is 4.64. The molecule has 1 aliphatic rings. The van der Waals surface area contributed by atoms with Gasteiger partial charge in [-0.3, -0.25) is 4.79 Å². The van der Waals surface area contributed by atoms with E-state index in [0.29, 0.717) is 17.6 Å². The Hall–Kier alpha value is -2.78. The highest BCUT2D eigenvalue weighted by Crippen LogP contribution is 2.36. The zero-order chi connectivity index (χ0) is 19.9. The van der Waals surface area contributed by atoms with Gasteiger partial charge in [0.1, 0.15) is 0 Å². The van der Waals surface area contributed by atoms with Crippen molar-refractivity contribution in [1.82, 2.24) is 20.2 Å². The van der Waals surface area contributed by atoms with E-state index in [4.69, 9.17) is 11.6 Å². The van der Waals surface area contributed by atoms with Crippen molar-refractivity contribution in [2.24, 2.45) is 0 Å². The largest absolute Gasteiger partial charge is 0.322 e. The number of anilines is 1. The van der Waals surface area contributed by atoms with Crippen molar-refractivity contribution in [2.75, 3.05) is 11.6 Å². The number of benzene rings is 2. The maximum atomic E-state index is 12.6. The molecule has 3 aromatic rings. The Morgan fingerprint density at radius 3 is 2.54 bits per heavy atom. The van der Waals surface area contributed by atoms with Gasteiger partial charge in [0, 0.05) is 17.5 Å². The van der Waals surface area contributed by atoms with Crippen molar-refractivity contribution < 1.29 is 13.2 Å². The highest BCUT2D eigenvalue weighted by Gasteiger charge is 2.28. The van der Waals surface area contributed by atoms with Crippen molar-refractivity contribution in [1.29, 1.82) is 0 Å². The van der Waals surface area contributed by atoms with E-state index in [0.717, 1.165) is 24.7 Å². The topological polar surface area (TPSA) is 107 Å². The van der Waals surface area contributed by atoms with Gasteiger partial charge in [-0.1, -0.05) is 11.6 Å². The second kappa shape index (κ2) is 6.99. The summed E-state index contributed by atoms with van der Waals surface area (Å²) in [5, 5.41) is 14.7. The van der Waals surface area contributed by atoms with Crippen LogP contribution < -0.4 is 5.32 Å². The highest BCUT2D eigenvalue weighted by atomic mass is 35.5. The molecule has 1 amide bonds. The normalized spacial score (nSPS) is 14.1. The molecule has 2 aromatic carbocycles. The minimum Gasteiger partial charge on any atom is -0.322 e. The Morgan fingerprint density at radius 2 is 1.89 bits per heavy atom. The average Bonchev–Trinajstić information content (AvgIpc) is 3.38. The Morgan fingerprint density at radius 1 is 1.18 bits per heavy atom. The number of nitrogens with one attached hydrogen (secondary N) is 1. The molecule has 0 bridgehead atoms. The number of hydrogen-bond acceptors (Lipinski definition) is 6. The van der Waals surface area contributed by atoms with E-state index >= 15 is 0 Å². The van der Waals surface area contributed by atoms with Crippen LogP contribution in [0.1, 0.15) is 29.2 Å². The van der Waals surface area contributed by atoms with Gasteiger partial charge in [0.15, 0.2) is 15.7 Å². The number of amides is 1. The van der Waals surface area contributed by atoms with Crippen LogP contribution in [-0.2, 0) is 9.84 Å². The van der Waals surface area contributed by atoms with Gasteiger partial charge < -0.3 is 5.32 Å². The summed E-state index contributed by atoms with van der Waals surface area (Å²) in [6.45, 7) is 0. The lowest BCUT2D eigenvalue weighted by atomic mass is 10.1. The first kappa shape index (κ1) is 18.6. The summed E-state index contributed by atoms with van der Waals surface area (Å²) in [5.41, 5.74) is 1.47. The smallest absolute Gasteiger partial charge is 0.257 e. The summed E-state index contributed by atoms with van der Waals surface area (Å²) in [6.07, 6.45) is 3.21. The highest BCUT2D eigenvalue weighted by molar-refractivity contribution is 7.90. The quantitative estimate of drug-likeness (QED) is 0.683. The third-order valence-electron chi connectivity index (χ3n) is 4.40. The average molecular weight is 418 g/mol. The number of carbonyl (C=O) groups excluding carboxylic acids is 1. The third kappa shape index (κ3) is 3.76. The molecule has 0 radical (unpaired) electrons. The van der Waals surface area contributed by atoms with Crippen molar-refractivity contribution >= 4 is 33.0 Å². The van der Waals surface area contributed by atoms with Gasteiger partial charge >= 0.3 is 0 Å². The molecule has 28 heavy (non-hydrogen) atoms. The zero-order valence-electron chi connectivity index (χ0n) is 14.8. The van der Waals surface area contributed by atoms with Crippen LogP contribution in [0.5, 0.6) is 0 Å². The molecule has 1 aliphatic carbocycles. The van der Waals surface area contributed by atoms with Crippen molar-refractivity contribution in [3.05, 3.63) is 53.1 Å². The van der Waals surface area contributed by atoms with Crippen LogP contribution in [0, 0.1) is 0 Å². The molecule has 0 spiro atoms. The van der Waals surface area contributed by atoms with E-state index in [1.807, 2.05) is 16.8 Å². The molecule has 1 heterocycles. The first-order chi connectivity index (χ1) is 13.3. The SMILES string of the molecule is CS(=O)(=O)c1ccc(Cl)c(C(=O)Nc2ccc(-c3nnnn3C3CC3)cc2)c1. The van der Waals surface area contributed by atoms with Gasteiger partial charge in [-0.15, -0.1) is 5.10 Å². The van der Waals surface area contributed by atoms with Gasteiger partial charge in [0.2, 0.25) is 0 Å². The van der Waals surface area contributed by atoms with E-state index in [1.165, 1.54) is 18.2 Å². The number of rotatable bonds is 5. The van der Waals surface area contributed by atoms with Crippen LogP contribution in [0.4, 0.5) is 5.69 Å². The van der Waals surface area contributed by atoms with E-state index in [1.54, 1.807) is 12.1 Å². The van der Waals surface area contributed by atoms with Crippen LogP contribution in [0.2, 0.25) is 5.02 Å². The van der Waals surface area contributed by atoms with E-state index in [-0.39, 0.29) is 15.5 Å². The van der Waals surface area contributed by atoms with Gasteiger partial charge in [-0.2, -0.15) is 0 Å². The maximum absolute atomic E-state index is 12.6. The fourth-order valence-corrected chi connectivity index (χ4v) is 3.61. The van der Waals surface area contributed by atoms with Gasteiger partial charge in [-0.25, -0.2) is 13.1 Å². The lowest BCUT2D eigenvalue weighted by Gasteiger charge is -2.09. The number of hydrogen-bond donors (Lipinski definition) is 1. The van der Waals surface area contributed by atoms with Gasteiger partial charge in [0.05, 0.1) is 21.5 Å². The molecule has 0 atom stereocenters.